The minimum atomic E-state index is -3.56. The number of hydrogen-bond donors (Lipinski definition) is 1. The van der Waals surface area contributed by atoms with Crippen LogP contribution in [-0.4, -0.2) is 59.2 Å². The maximum Gasteiger partial charge on any atom is 0.240 e. The van der Waals surface area contributed by atoms with E-state index in [2.05, 4.69) is 23.5 Å². The van der Waals surface area contributed by atoms with Gasteiger partial charge in [0.25, 0.3) is 0 Å². The molecule has 1 N–H and O–H groups in total. The van der Waals surface area contributed by atoms with Gasteiger partial charge in [0, 0.05) is 39.3 Å². The van der Waals surface area contributed by atoms with Gasteiger partial charge in [-0.05, 0) is 42.3 Å². The predicted octanol–water partition coefficient (Wildman–Crippen LogP) is 2.96. The van der Waals surface area contributed by atoms with Crippen LogP contribution in [0.1, 0.15) is 13.8 Å². The van der Waals surface area contributed by atoms with Gasteiger partial charge in [-0.25, -0.2) is 17.5 Å². The van der Waals surface area contributed by atoms with Gasteiger partial charge >= 0.3 is 0 Å². The average Bonchev–Trinajstić information content (AvgIpc) is 2.73. The molecule has 0 aliphatic carbocycles. The molecular formula is C22H30FN3O3S. The molecule has 3 rings (SSSR count). The monoisotopic (exact) mass is 435 g/mol. The molecule has 0 saturated carbocycles. The number of benzene rings is 2. The number of anilines is 1. The smallest absolute Gasteiger partial charge is 0.240 e. The number of piperazine rings is 1. The number of ether oxygens (including phenoxy) is 1. The first-order valence-electron chi connectivity index (χ1n) is 10.3. The van der Waals surface area contributed by atoms with Crippen LogP contribution in [0.3, 0.4) is 0 Å². The van der Waals surface area contributed by atoms with Crippen molar-refractivity contribution in [1.82, 2.24) is 9.62 Å². The lowest BCUT2D eigenvalue weighted by molar-refractivity contribution is 0.261. The molecule has 1 aliphatic rings. The van der Waals surface area contributed by atoms with Crippen molar-refractivity contribution in [2.24, 2.45) is 5.92 Å². The number of sulfonamides is 1. The topological polar surface area (TPSA) is 61.9 Å². The fraction of sp³-hybridized carbons (Fsp3) is 0.455. The van der Waals surface area contributed by atoms with Crippen molar-refractivity contribution >= 4 is 15.7 Å². The van der Waals surface area contributed by atoms with E-state index in [0.717, 1.165) is 13.1 Å². The Morgan fingerprint density at radius 1 is 1.03 bits per heavy atom. The van der Waals surface area contributed by atoms with E-state index < -0.39 is 10.0 Å². The summed E-state index contributed by atoms with van der Waals surface area (Å²) in [5.41, 5.74) is 0.624. The molecule has 1 fully saturated rings. The summed E-state index contributed by atoms with van der Waals surface area (Å²) >= 11 is 0. The SMILES string of the molecule is CC(C)COc1ccc(S(=O)(=O)NCCN2CCN(c3ccccc3F)CC2)cc1. The summed E-state index contributed by atoms with van der Waals surface area (Å²) in [4.78, 5) is 4.44. The van der Waals surface area contributed by atoms with Gasteiger partial charge in [0.05, 0.1) is 17.2 Å². The molecule has 0 spiro atoms. The molecule has 8 heteroatoms. The molecule has 0 amide bonds. The lowest BCUT2D eigenvalue weighted by atomic mass is 10.2. The highest BCUT2D eigenvalue weighted by molar-refractivity contribution is 7.89. The highest BCUT2D eigenvalue weighted by Crippen LogP contribution is 2.20. The summed E-state index contributed by atoms with van der Waals surface area (Å²) in [5, 5.41) is 0. The van der Waals surface area contributed by atoms with Crippen LogP contribution in [0, 0.1) is 11.7 Å². The quantitative estimate of drug-likeness (QED) is 0.656. The van der Waals surface area contributed by atoms with Gasteiger partial charge in [-0.15, -0.1) is 0 Å². The molecule has 30 heavy (non-hydrogen) atoms. The van der Waals surface area contributed by atoms with Crippen LogP contribution in [0.2, 0.25) is 0 Å². The van der Waals surface area contributed by atoms with E-state index in [1.807, 2.05) is 11.0 Å². The summed E-state index contributed by atoms with van der Waals surface area (Å²) in [7, 11) is -3.56. The number of hydrogen-bond acceptors (Lipinski definition) is 5. The molecule has 0 atom stereocenters. The zero-order chi connectivity index (χ0) is 21.6. The summed E-state index contributed by atoms with van der Waals surface area (Å²) in [6.07, 6.45) is 0. The number of nitrogens with one attached hydrogen (secondary N) is 1. The van der Waals surface area contributed by atoms with Gasteiger partial charge in [-0.2, -0.15) is 0 Å². The number of halogens is 1. The molecule has 1 aliphatic heterocycles. The van der Waals surface area contributed by atoms with Gasteiger partial charge in [0.2, 0.25) is 10.0 Å². The zero-order valence-corrected chi connectivity index (χ0v) is 18.4. The molecule has 164 valence electrons. The second-order valence-corrected chi connectivity index (χ2v) is 9.62. The van der Waals surface area contributed by atoms with Crippen LogP contribution in [0.25, 0.3) is 0 Å². The third-order valence-electron chi connectivity index (χ3n) is 5.00. The van der Waals surface area contributed by atoms with Crippen LogP contribution >= 0.6 is 0 Å². The molecule has 2 aromatic rings. The van der Waals surface area contributed by atoms with Crippen LogP contribution in [-0.2, 0) is 10.0 Å². The fourth-order valence-corrected chi connectivity index (χ4v) is 4.34. The lowest BCUT2D eigenvalue weighted by Crippen LogP contribution is -2.48. The van der Waals surface area contributed by atoms with Crippen molar-refractivity contribution < 1.29 is 17.5 Å². The molecule has 0 aromatic heterocycles. The van der Waals surface area contributed by atoms with E-state index in [1.165, 1.54) is 6.07 Å². The molecule has 0 unspecified atom stereocenters. The maximum atomic E-state index is 13.9. The second kappa shape index (κ2) is 10.2. The number of nitrogens with zero attached hydrogens (tertiary/aromatic N) is 2. The van der Waals surface area contributed by atoms with Crippen molar-refractivity contribution in [2.45, 2.75) is 18.7 Å². The first-order chi connectivity index (χ1) is 14.3. The standard InChI is InChI=1S/C22H30FN3O3S/c1-18(2)17-29-19-7-9-20(10-8-19)30(27,28)24-11-12-25-13-15-26(16-14-25)22-6-4-3-5-21(22)23/h3-10,18,24H,11-17H2,1-2H3. The van der Waals surface area contributed by atoms with Crippen molar-refractivity contribution in [3.8, 4) is 5.75 Å². The normalized spacial score (nSPS) is 15.5. The number of rotatable bonds is 9. The average molecular weight is 436 g/mol. The van der Waals surface area contributed by atoms with E-state index in [4.69, 9.17) is 4.74 Å². The third-order valence-corrected chi connectivity index (χ3v) is 6.48. The Morgan fingerprint density at radius 2 is 1.70 bits per heavy atom. The fourth-order valence-electron chi connectivity index (χ4n) is 3.32. The maximum absolute atomic E-state index is 13.9. The van der Waals surface area contributed by atoms with Gasteiger partial charge in [0.1, 0.15) is 11.6 Å². The Bertz CT molecular complexity index is 911. The van der Waals surface area contributed by atoms with Crippen molar-refractivity contribution in [3.05, 3.63) is 54.3 Å². The minimum absolute atomic E-state index is 0.209. The van der Waals surface area contributed by atoms with Crippen molar-refractivity contribution in [3.63, 3.8) is 0 Å². The van der Waals surface area contributed by atoms with E-state index >= 15 is 0 Å². The molecular weight excluding hydrogens is 405 g/mol. The summed E-state index contributed by atoms with van der Waals surface area (Å²) in [5.74, 6) is 0.860. The van der Waals surface area contributed by atoms with Gasteiger partial charge in [-0.1, -0.05) is 26.0 Å². The van der Waals surface area contributed by atoms with Crippen LogP contribution < -0.4 is 14.4 Å². The first kappa shape index (κ1) is 22.5. The van der Waals surface area contributed by atoms with E-state index in [9.17, 15) is 12.8 Å². The first-order valence-corrected chi connectivity index (χ1v) is 11.8. The number of para-hydroxylation sites is 1. The third kappa shape index (κ3) is 6.17. The minimum Gasteiger partial charge on any atom is -0.493 e. The molecule has 1 heterocycles. The summed E-state index contributed by atoms with van der Waals surface area (Å²) < 4.78 is 47.2. The summed E-state index contributed by atoms with van der Waals surface area (Å²) in [6, 6.07) is 13.3. The van der Waals surface area contributed by atoms with Crippen molar-refractivity contribution in [1.29, 1.82) is 0 Å². The molecule has 2 aromatic carbocycles. The predicted molar refractivity (Wildman–Crippen MR) is 117 cm³/mol. The van der Waals surface area contributed by atoms with Gasteiger partial charge < -0.3 is 9.64 Å². The van der Waals surface area contributed by atoms with Crippen molar-refractivity contribution in [2.75, 3.05) is 50.8 Å². The molecule has 6 nitrogen and oxygen atoms in total. The molecule has 0 bridgehead atoms. The Balaban J connectivity index is 1.44. The Morgan fingerprint density at radius 3 is 2.33 bits per heavy atom. The Hall–Kier alpha value is -2.16. The zero-order valence-electron chi connectivity index (χ0n) is 17.6. The van der Waals surface area contributed by atoms with Gasteiger partial charge in [0.15, 0.2) is 0 Å². The van der Waals surface area contributed by atoms with E-state index in [-0.39, 0.29) is 10.7 Å². The van der Waals surface area contributed by atoms with Crippen LogP contribution in [0.4, 0.5) is 10.1 Å². The van der Waals surface area contributed by atoms with Crippen LogP contribution in [0.5, 0.6) is 5.75 Å². The molecule has 0 radical (unpaired) electrons. The second-order valence-electron chi connectivity index (χ2n) is 7.85. The Labute approximate surface area is 178 Å². The Kier molecular flexibility index (Phi) is 7.69. The van der Waals surface area contributed by atoms with Crippen LogP contribution in [0.15, 0.2) is 53.4 Å². The van der Waals surface area contributed by atoms with E-state index in [1.54, 1.807) is 36.4 Å². The summed E-state index contributed by atoms with van der Waals surface area (Å²) in [6.45, 7) is 8.60. The van der Waals surface area contributed by atoms with Gasteiger partial charge in [-0.3, -0.25) is 4.90 Å². The highest BCUT2D eigenvalue weighted by Gasteiger charge is 2.20. The largest absolute Gasteiger partial charge is 0.493 e. The lowest BCUT2D eigenvalue weighted by Gasteiger charge is -2.36. The molecule has 1 saturated heterocycles. The highest BCUT2D eigenvalue weighted by atomic mass is 32.2. The van der Waals surface area contributed by atoms with E-state index in [0.29, 0.717) is 50.1 Å².